The molecule has 1 aliphatic rings. The third-order valence-electron chi connectivity index (χ3n) is 3.80. The largest absolute Gasteiger partial charge is 0.482 e. The molecule has 2 aromatic carbocycles. The van der Waals surface area contributed by atoms with Crippen molar-refractivity contribution in [2.24, 2.45) is 0 Å². The summed E-state index contributed by atoms with van der Waals surface area (Å²) in [4.78, 5) is 14.3. The number of rotatable bonds is 5. The van der Waals surface area contributed by atoms with Gasteiger partial charge in [0, 0.05) is 24.5 Å². The van der Waals surface area contributed by atoms with Crippen molar-refractivity contribution in [1.29, 1.82) is 0 Å². The summed E-state index contributed by atoms with van der Waals surface area (Å²) in [6, 6.07) is 12.7. The number of carbonyl (C=O) groups excluding carboxylic acids is 1. The van der Waals surface area contributed by atoms with Crippen molar-refractivity contribution in [2.45, 2.75) is 0 Å². The van der Waals surface area contributed by atoms with Gasteiger partial charge in [-0.2, -0.15) is 0 Å². The second-order valence-corrected chi connectivity index (χ2v) is 6.32. The Morgan fingerprint density at radius 1 is 1.12 bits per heavy atom. The number of amides is 1. The van der Waals surface area contributed by atoms with Crippen LogP contribution in [0.5, 0.6) is 5.75 Å². The van der Waals surface area contributed by atoms with Gasteiger partial charge in [-0.15, -0.1) is 0 Å². The average molecular weight is 381 g/mol. The number of hydrogen-bond acceptors (Lipinski definition) is 4. The minimum Gasteiger partial charge on any atom is -0.482 e. The third kappa shape index (κ3) is 4.78. The minimum atomic E-state index is -0.268. The lowest BCUT2D eigenvalue weighted by Gasteiger charge is -2.28. The van der Waals surface area contributed by atoms with E-state index in [9.17, 15) is 4.79 Å². The van der Waals surface area contributed by atoms with Crippen LogP contribution in [0.1, 0.15) is 0 Å². The topological polar surface area (TPSA) is 50.8 Å². The number of hydrogen-bond donors (Lipinski definition) is 1. The lowest BCUT2D eigenvalue weighted by molar-refractivity contribution is -0.118. The molecule has 0 spiro atoms. The zero-order chi connectivity index (χ0) is 17.6. The fourth-order valence-corrected chi connectivity index (χ4v) is 2.86. The van der Waals surface area contributed by atoms with Crippen LogP contribution in [0.3, 0.4) is 0 Å². The number of halogens is 2. The molecule has 2 aromatic rings. The maximum atomic E-state index is 12.0. The fourth-order valence-electron chi connectivity index (χ4n) is 2.51. The molecule has 5 nitrogen and oxygen atoms in total. The Balaban J connectivity index is 1.53. The number of anilines is 2. The predicted molar refractivity (Wildman–Crippen MR) is 100 cm³/mol. The van der Waals surface area contributed by atoms with E-state index in [-0.39, 0.29) is 12.5 Å². The standard InChI is InChI=1S/C18H18Cl2N2O3/c19-15-2-1-3-16(18(15)20)25-12-17(23)21-13-4-6-14(7-5-13)22-8-10-24-11-9-22/h1-7H,8-12H2,(H,21,23). The lowest BCUT2D eigenvalue weighted by atomic mass is 10.2. The van der Waals surface area contributed by atoms with Crippen LogP contribution in [0, 0.1) is 0 Å². The molecular formula is C18H18Cl2N2O3. The van der Waals surface area contributed by atoms with E-state index in [1.54, 1.807) is 18.2 Å². The summed E-state index contributed by atoms with van der Waals surface area (Å²) in [6.07, 6.45) is 0. The zero-order valence-corrected chi connectivity index (χ0v) is 15.0. The van der Waals surface area contributed by atoms with Gasteiger partial charge in [0.1, 0.15) is 10.8 Å². The van der Waals surface area contributed by atoms with Crippen LogP contribution in [0.15, 0.2) is 42.5 Å². The average Bonchev–Trinajstić information content (AvgIpc) is 2.64. The molecule has 0 atom stereocenters. The van der Waals surface area contributed by atoms with Gasteiger partial charge < -0.3 is 19.7 Å². The normalized spacial score (nSPS) is 14.2. The Bertz CT molecular complexity index is 732. The van der Waals surface area contributed by atoms with Crippen molar-refractivity contribution in [3.05, 3.63) is 52.5 Å². The Labute approximate surface area is 156 Å². The predicted octanol–water partition coefficient (Wildman–Crippen LogP) is 3.85. The van der Waals surface area contributed by atoms with E-state index in [1.165, 1.54) is 0 Å². The molecule has 1 fully saturated rings. The molecule has 1 N–H and O–H groups in total. The number of benzene rings is 2. The van der Waals surface area contributed by atoms with Crippen LogP contribution in [-0.2, 0) is 9.53 Å². The van der Waals surface area contributed by atoms with Crippen molar-refractivity contribution in [3.8, 4) is 5.75 Å². The smallest absolute Gasteiger partial charge is 0.262 e. The van der Waals surface area contributed by atoms with Gasteiger partial charge in [-0.3, -0.25) is 4.79 Å². The van der Waals surface area contributed by atoms with Gasteiger partial charge in [-0.25, -0.2) is 0 Å². The molecule has 0 unspecified atom stereocenters. The molecular weight excluding hydrogens is 363 g/mol. The summed E-state index contributed by atoms with van der Waals surface area (Å²) in [5.41, 5.74) is 1.83. The molecule has 25 heavy (non-hydrogen) atoms. The van der Waals surface area contributed by atoms with Crippen LogP contribution in [0.4, 0.5) is 11.4 Å². The molecule has 0 aliphatic carbocycles. The van der Waals surface area contributed by atoms with Gasteiger partial charge in [0.15, 0.2) is 6.61 Å². The van der Waals surface area contributed by atoms with Crippen LogP contribution < -0.4 is 15.0 Å². The lowest BCUT2D eigenvalue weighted by Crippen LogP contribution is -2.36. The molecule has 0 bridgehead atoms. The fraction of sp³-hybridized carbons (Fsp3) is 0.278. The molecule has 132 valence electrons. The summed E-state index contributed by atoms with van der Waals surface area (Å²) < 4.78 is 10.8. The molecule has 0 aromatic heterocycles. The molecule has 1 aliphatic heterocycles. The SMILES string of the molecule is O=C(COc1cccc(Cl)c1Cl)Nc1ccc(N2CCOCC2)cc1. The second kappa shape index (κ2) is 8.43. The third-order valence-corrected chi connectivity index (χ3v) is 4.60. The van der Waals surface area contributed by atoms with Crippen molar-refractivity contribution in [1.82, 2.24) is 0 Å². The zero-order valence-electron chi connectivity index (χ0n) is 13.5. The first-order valence-corrected chi connectivity index (χ1v) is 8.68. The highest BCUT2D eigenvalue weighted by Crippen LogP contribution is 2.31. The summed E-state index contributed by atoms with van der Waals surface area (Å²) in [5, 5.41) is 3.48. The van der Waals surface area contributed by atoms with Gasteiger partial charge in [-0.1, -0.05) is 29.3 Å². The monoisotopic (exact) mass is 380 g/mol. The first kappa shape index (κ1) is 17.9. The van der Waals surface area contributed by atoms with E-state index in [0.717, 1.165) is 32.0 Å². The number of ether oxygens (including phenoxy) is 2. The second-order valence-electron chi connectivity index (χ2n) is 5.54. The van der Waals surface area contributed by atoms with Gasteiger partial charge >= 0.3 is 0 Å². The minimum absolute atomic E-state index is 0.148. The van der Waals surface area contributed by atoms with Gasteiger partial charge in [0.2, 0.25) is 0 Å². The maximum Gasteiger partial charge on any atom is 0.262 e. The van der Waals surface area contributed by atoms with Crippen molar-refractivity contribution in [2.75, 3.05) is 43.1 Å². The summed E-state index contributed by atoms with van der Waals surface area (Å²) in [7, 11) is 0. The van der Waals surface area contributed by atoms with Crippen molar-refractivity contribution < 1.29 is 14.3 Å². The highest BCUT2D eigenvalue weighted by atomic mass is 35.5. The van der Waals surface area contributed by atoms with Crippen molar-refractivity contribution >= 4 is 40.5 Å². The summed E-state index contributed by atoms with van der Waals surface area (Å²) in [6.45, 7) is 3.08. The van der Waals surface area contributed by atoms with E-state index in [2.05, 4.69) is 10.2 Å². The molecule has 0 radical (unpaired) electrons. The van der Waals surface area contributed by atoms with Gasteiger partial charge in [-0.05, 0) is 36.4 Å². The Morgan fingerprint density at radius 3 is 2.56 bits per heavy atom. The first-order chi connectivity index (χ1) is 12.1. The molecule has 1 heterocycles. The molecule has 1 amide bonds. The van der Waals surface area contributed by atoms with Crippen molar-refractivity contribution in [3.63, 3.8) is 0 Å². The molecule has 0 saturated carbocycles. The molecule has 1 saturated heterocycles. The van der Waals surface area contributed by atoms with E-state index >= 15 is 0 Å². The molecule has 7 heteroatoms. The Kier molecular flexibility index (Phi) is 6.02. The number of nitrogens with one attached hydrogen (secondary N) is 1. The van der Waals surface area contributed by atoms with Gasteiger partial charge in [0.05, 0.1) is 18.2 Å². The highest BCUT2D eigenvalue weighted by Gasteiger charge is 2.12. The quantitative estimate of drug-likeness (QED) is 0.855. The summed E-state index contributed by atoms with van der Waals surface area (Å²) >= 11 is 11.9. The van der Waals surface area contributed by atoms with Crippen LogP contribution in [-0.4, -0.2) is 38.8 Å². The van der Waals surface area contributed by atoms with E-state index in [0.29, 0.717) is 21.5 Å². The Hall–Kier alpha value is -1.95. The highest BCUT2D eigenvalue weighted by molar-refractivity contribution is 6.42. The van der Waals surface area contributed by atoms with Gasteiger partial charge in [0.25, 0.3) is 5.91 Å². The van der Waals surface area contributed by atoms with E-state index in [1.807, 2.05) is 24.3 Å². The van der Waals surface area contributed by atoms with Crippen LogP contribution >= 0.6 is 23.2 Å². The Morgan fingerprint density at radius 2 is 1.84 bits per heavy atom. The van der Waals surface area contributed by atoms with Crippen LogP contribution in [0.25, 0.3) is 0 Å². The number of carbonyl (C=O) groups is 1. The van der Waals surface area contributed by atoms with E-state index in [4.69, 9.17) is 32.7 Å². The number of nitrogens with zero attached hydrogens (tertiary/aromatic N) is 1. The van der Waals surface area contributed by atoms with E-state index < -0.39 is 0 Å². The van der Waals surface area contributed by atoms with Crippen LogP contribution in [0.2, 0.25) is 10.0 Å². The first-order valence-electron chi connectivity index (χ1n) is 7.93. The molecule has 3 rings (SSSR count). The number of morpholine rings is 1. The summed E-state index contributed by atoms with van der Waals surface area (Å²) in [5.74, 6) is 0.113. The maximum absolute atomic E-state index is 12.0.